The van der Waals surface area contributed by atoms with Crippen molar-refractivity contribution in [1.82, 2.24) is 5.43 Å². The number of nitrogens with two attached hydrogens (primary N) is 1. The fourth-order valence-electron chi connectivity index (χ4n) is 4.79. The van der Waals surface area contributed by atoms with E-state index >= 15 is 0 Å². The maximum absolute atomic E-state index is 5.91. The summed E-state index contributed by atoms with van der Waals surface area (Å²) >= 11 is 0. The largest absolute Gasteiger partial charge is 0.496 e. The second kappa shape index (κ2) is 5.98. The number of hydrogen-bond acceptors (Lipinski definition) is 3. The molecule has 2 saturated carbocycles. The summed E-state index contributed by atoms with van der Waals surface area (Å²) in [6, 6.07) is 4.54. The minimum atomic E-state index is 0.199. The Morgan fingerprint density at radius 1 is 1.29 bits per heavy atom. The van der Waals surface area contributed by atoms with Gasteiger partial charge in [0, 0.05) is 5.56 Å². The van der Waals surface area contributed by atoms with Crippen molar-refractivity contribution in [3.05, 3.63) is 28.8 Å². The van der Waals surface area contributed by atoms with Gasteiger partial charge in [-0.15, -0.1) is 0 Å². The van der Waals surface area contributed by atoms with E-state index in [4.69, 9.17) is 10.6 Å². The van der Waals surface area contributed by atoms with Gasteiger partial charge in [-0.3, -0.25) is 11.3 Å². The Balaban J connectivity index is 1.83. The molecule has 3 rings (SSSR count). The first kappa shape index (κ1) is 14.9. The van der Waals surface area contributed by atoms with E-state index in [-0.39, 0.29) is 6.04 Å². The molecule has 3 nitrogen and oxygen atoms in total. The quantitative estimate of drug-likeness (QED) is 0.642. The Morgan fingerprint density at radius 3 is 2.67 bits per heavy atom. The molecule has 4 atom stereocenters. The molecule has 3 N–H and O–H groups in total. The molecule has 1 aromatic rings. The molecule has 3 heteroatoms. The lowest BCUT2D eigenvalue weighted by Gasteiger charge is -2.28. The summed E-state index contributed by atoms with van der Waals surface area (Å²) in [5.74, 6) is 9.62. The number of hydrazine groups is 1. The molecule has 0 heterocycles. The SMILES string of the molecule is COc1cc(C)cc(C)c1C(CC1CC2CCC1C2)NN. The zero-order valence-corrected chi connectivity index (χ0v) is 13.5. The zero-order valence-electron chi connectivity index (χ0n) is 13.5. The Labute approximate surface area is 128 Å². The highest BCUT2D eigenvalue weighted by atomic mass is 16.5. The second-order valence-electron chi connectivity index (χ2n) is 7.09. The van der Waals surface area contributed by atoms with Gasteiger partial charge in [-0.2, -0.15) is 0 Å². The lowest BCUT2D eigenvalue weighted by Crippen LogP contribution is -2.31. The molecule has 2 aliphatic rings. The van der Waals surface area contributed by atoms with Gasteiger partial charge in [-0.05, 0) is 74.5 Å². The highest BCUT2D eigenvalue weighted by molar-refractivity contribution is 5.45. The first-order valence-electron chi connectivity index (χ1n) is 8.23. The molecule has 0 saturated heterocycles. The van der Waals surface area contributed by atoms with Crippen molar-refractivity contribution in [2.75, 3.05) is 7.11 Å². The fraction of sp³-hybridized carbons (Fsp3) is 0.667. The molecule has 2 aliphatic carbocycles. The van der Waals surface area contributed by atoms with Gasteiger partial charge >= 0.3 is 0 Å². The van der Waals surface area contributed by atoms with Crippen LogP contribution in [0.3, 0.4) is 0 Å². The molecular weight excluding hydrogens is 260 g/mol. The van der Waals surface area contributed by atoms with Crippen LogP contribution in [0, 0.1) is 31.6 Å². The molecule has 0 spiro atoms. The monoisotopic (exact) mass is 288 g/mol. The number of hydrogen-bond donors (Lipinski definition) is 2. The third kappa shape index (κ3) is 2.82. The van der Waals surface area contributed by atoms with Gasteiger partial charge in [0.1, 0.15) is 5.75 Å². The highest BCUT2D eigenvalue weighted by Crippen LogP contribution is 2.51. The summed E-state index contributed by atoms with van der Waals surface area (Å²) in [4.78, 5) is 0. The highest BCUT2D eigenvalue weighted by Gasteiger charge is 2.40. The van der Waals surface area contributed by atoms with Crippen LogP contribution >= 0.6 is 0 Å². The van der Waals surface area contributed by atoms with Gasteiger partial charge in [0.15, 0.2) is 0 Å². The third-order valence-corrected chi connectivity index (χ3v) is 5.69. The van der Waals surface area contributed by atoms with Crippen LogP contribution < -0.4 is 16.0 Å². The van der Waals surface area contributed by atoms with Crippen molar-refractivity contribution >= 4 is 0 Å². The van der Waals surface area contributed by atoms with Crippen molar-refractivity contribution in [3.63, 3.8) is 0 Å². The summed E-state index contributed by atoms with van der Waals surface area (Å²) in [6.07, 6.45) is 6.87. The normalized spacial score (nSPS) is 28.9. The van der Waals surface area contributed by atoms with Crippen molar-refractivity contribution in [1.29, 1.82) is 0 Å². The lowest BCUT2D eigenvalue weighted by atomic mass is 9.82. The molecule has 116 valence electrons. The van der Waals surface area contributed by atoms with Gasteiger partial charge in [-0.25, -0.2) is 0 Å². The van der Waals surface area contributed by atoms with Crippen LogP contribution in [0.1, 0.15) is 54.8 Å². The Hall–Kier alpha value is -1.06. The first-order valence-corrected chi connectivity index (χ1v) is 8.23. The molecule has 21 heavy (non-hydrogen) atoms. The number of aryl methyl sites for hydroxylation is 2. The number of fused-ring (bicyclic) bond motifs is 2. The van der Waals surface area contributed by atoms with Crippen molar-refractivity contribution in [2.45, 2.75) is 52.0 Å². The van der Waals surface area contributed by atoms with E-state index in [0.717, 1.165) is 29.9 Å². The number of rotatable bonds is 5. The first-order chi connectivity index (χ1) is 10.1. The van der Waals surface area contributed by atoms with Gasteiger partial charge in [0.05, 0.1) is 13.2 Å². The standard InChI is InChI=1S/C18H28N2O/c1-11-6-12(2)18(17(7-11)21-3)16(20-19)10-15-9-13-4-5-14(15)8-13/h6-7,13-16,20H,4-5,8-10,19H2,1-3H3. The molecular formula is C18H28N2O. The maximum Gasteiger partial charge on any atom is 0.124 e. The summed E-state index contributed by atoms with van der Waals surface area (Å²) in [7, 11) is 1.75. The minimum Gasteiger partial charge on any atom is -0.496 e. The molecule has 0 aliphatic heterocycles. The van der Waals surface area contributed by atoms with Gasteiger partial charge in [0.25, 0.3) is 0 Å². The van der Waals surface area contributed by atoms with E-state index < -0.39 is 0 Å². The zero-order chi connectivity index (χ0) is 15.0. The predicted octanol–water partition coefficient (Wildman–Crippen LogP) is 3.64. The van der Waals surface area contributed by atoms with Crippen LogP contribution in [-0.4, -0.2) is 7.11 Å². The van der Waals surface area contributed by atoms with Crippen LogP contribution in [-0.2, 0) is 0 Å². The molecule has 4 unspecified atom stereocenters. The number of methoxy groups -OCH3 is 1. The molecule has 1 aromatic carbocycles. The lowest BCUT2D eigenvalue weighted by molar-refractivity contribution is 0.276. The van der Waals surface area contributed by atoms with Gasteiger partial charge in [-0.1, -0.05) is 12.5 Å². The van der Waals surface area contributed by atoms with Crippen LogP contribution in [0.5, 0.6) is 5.75 Å². The van der Waals surface area contributed by atoms with E-state index in [2.05, 4.69) is 31.4 Å². The third-order valence-electron chi connectivity index (χ3n) is 5.69. The summed E-state index contributed by atoms with van der Waals surface area (Å²) in [6.45, 7) is 4.27. The van der Waals surface area contributed by atoms with E-state index in [0.29, 0.717) is 0 Å². The van der Waals surface area contributed by atoms with Crippen molar-refractivity contribution in [3.8, 4) is 5.75 Å². The average Bonchev–Trinajstić information content (AvgIpc) is 3.07. The van der Waals surface area contributed by atoms with E-state index in [1.54, 1.807) is 7.11 Å². The summed E-state index contributed by atoms with van der Waals surface area (Å²) in [5.41, 5.74) is 6.82. The summed E-state index contributed by atoms with van der Waals surface area (Å²) in [5, 5.41) is 0. The average molecular weight is 288 g/mol. The van der Waals surface area contributed by atoms with Crippen molar-refractivity contribution < 1.29 is 4.74 Å². The van der Waals surface area contributed by atoms with Gasteiger partial charge in [0.2, 0.25) is 0 Å². The van der Waals surface area contributed by atoms with Crippen molar-refractivity contribution in [2.24, 2.45) is 23.6 Å². The van der Waals surface area contributed by atoms with E-state index in [1.165, 1.54) is 42.4 Å². The molecule has 0 aromatic heterocycles. The second-order valence-corrected chi connectivity index (χ2v) is 7.09. The number of ether oxygens (including phenoxy) is 1. The van der Waals surface area contributed by atoms with Crippen LogP contribution in [0.25, 0.3) is 0 Å². The van der Waals surface area contributed by atoms with Crippen LogP contribution in [0.15, 0.2) is 12.1 Å². The smallest absolute Gasteiger partial charge is 0.124 e. The van der Waals surface area contributed by atoms with E-state index in [9.17, 15) is 0 Å². The molecule has 0 amide bonds. The fourth-order valence-corrected chi connectivity index (χ4v) is 4.79. The predicted molar refractivity (Wildman–Crippen MR) is 86.1 cm³/mol. The van der Waals surface area contributed by atoms with Crippen LogP contribution in [0.4, 0.5) is 0 Å². The Morgan fingerprint density at radius 2 is 2.10 bits per heavy atom. The van der Waals surface area contributed by atoms with Gasteiger partial charge < -0.3 is 4.74 Å². The number of nitrogens with one attached hydrogen (secondary N) is 1. The Bertz CT molecular complexity index is 514. The number of benzene rings is 1. The van der Waals surface area contributed by atoms with E-state index in [1.807, 2.05) is 0 Å². The Kier molecular flexibility index (Phi) is 4.23. The molecule has 2 fully saturated rings. The maximum atomic E-state index is 5.91. The topological polar surface area (TPSA) is 47.3 Å². The summed E-state index contributed by atoms with van der Waals surface area (Å²) < 4.78 is 5.62. The minimum absolute atomic E-state index is 0.199. The molecule has 0 radical (unpaired) electrons. The van der Waals surface area contributed by atoms with Crippen LogP contribution in [0.2, 0.25) is 0 Å². The molecule has 2 bridgehead atoms.